The number of aryl methyl sites for hydroxylation is 2. The molecule has 0 aliphatic rings. The maximum absolute atomic E-state index is 12.4. The highest BCUT2D eigenvalue weighted by Crippen LogP contribution is 2.19. The van der Waals surface area contributed by atoms with Crippen molar-refractivity contribution in [1.29, 1.82) is 0 Å². The summed E-state index contributed by atoms with van der Waals surface area (Å²) >= 11 is 7.38. The molecule has 2 amide bonds. The molecule has 0 atom stereocenters. The predicted octanol–water partition coefficient (Wildman–Crippen LogP) is 4.79. The van der Waals surface area contributed by atoms with E-state index in [4.69, 9.17) is 11.6 Å². The molecular formula is C25H26ClN5O2S. The number of carbonyl (C=O) groups is 2. The molecule has 9 heteroatoms. The molecule has 0 saturated carbocycles. The first-order valence-electron chi connectivity index (χ1n) is 10.6. The number of allylic oxidation sites excluding steroid dienone is 1. The SMILES string of the molecule is C=CCn1c(CNC(=O)C=Cc2ccccc2Cl)nnc1SCC(=O)Nc1cc(C)cc(C)c1. The van der Waals surface area contributed by atoms with E-state index in [1.54, 1.807) is 18.2 Å². The second-order valence-electron chi connectivity index (χ2n) is 7.58. The van der Waals surface area contributed by atoms with Crippen molar-refractivity contribution in [3.8, 4) is 0 Å². The number of anilines is 1. The van der Waals surface area contributed by atoms with Crippen molar-refractivity contribution in [2.24, 2.45) is 0 Å². The van der Waals surface area contributed by atoms with Gasteiger partial charge in [-0.25, -0.2) is 0 Å². The zero-order valence-corrected chi connectivity index (χ0v) is 20.6. The van der Waals surface area contributed by atoms with Crippen molar-refractivity contribution < 1.29 is 9.59 Å². The van der Waals surface area contributed by atoms with Crippen molar-refractivity contribution in [2.75, 3.05) is 11.1 Å². The standard InChI is InChI=1S/C25H26ClN5O2S/c1-4-11-31-22(15-27-23(32)10-9-19-7-5-6-8-21(19)26)29-30-25(31)34-16-24(33)28-20-13-17(2)12-18(3)14-20/h4-10,12-14H,1,11,15-16H2,2-3H3,(H,27,32)(H,28,33). The Hall–Kier alpha value is -3.36. The molecule has 0 aliphatic carbocycles. The fourth-order valence-corrected chi connectivity index (χ4v) is 4.21. The molecule has 0 fully saturated rings. The third-order valence-electron chi connectivity index (χ3n) is 4.68. The summed E-state index contributed by atoms with van der Waals surface area (Å²) in [6, 6.07) is 13.2. The zero-order valence-electron chi connectivity index (χ0n) is 19.0. The van der Waals surface area contributed by atoms with Crippen LogP contribution < -0.4 is 10.6 Å². The molecule has 2 N–H and O–H groups in total. The van der Waals surface area contributed by atoms with E-state index >= 15 is 0 Å². The summed E-state index contributed by atoms with van der Waals surface area (Å²) in [5, 5.41) is 15.2. The van der Waals surface area contributed by atoms with Gasteiger partial charge in [-0.3, -0.25) is 9.59 Å². The van der Waals surface area contributed by atoms with Gasteiger partial charge in [-0.2, -0.15) is 0 Å². The summed E-state index contributed by atoms with van der Waals surface area (Å²) in [5.41, 5.74) is 3.69. The molecule has 3 rings (SSSR count). The summed E-state index contributed by atoms with van der Waals surface area (Å²) in [5.74, 6) is 0.323. The lowest BCUT2D eigenvalue weighted by Gasteiger charge is -2.09. The number of hydrogen-bond donors (Lipinski definition) is 2. The smallest absolute Gasteiger partial charge is 0.244 e. The highest BCUT2D eigenvalue weighted by atomic mass is 35.5. The number of rotatable bonds is 10. The number of amides is 2. The minimum Gasteiger partial charge on any atom is -0.345 e. The van der Waals surface area contributed by atoms with E-state index in [2.05, 4.69) is 33.5 Å². The van der Waals surface area contributed by atoms with Crippen LogP contribution in [0.5, 0.6) is 0 Å². The van der Waals surface area contributed by atoms with E-state index in [9.17, 15) is 9.59 Å². The Morgan fingerprint density at radius 1 is 1.15 bits per heavy atom. The topological polar surface area (TPSA) is 88.9 Å². The highest BCUT2D eigenvalue weighted by molar-refractivity contribution is 7.99. The minimum absolute atomic E-state index is 0.136. The molecule has 0 aliphatic heterocycles. The van der Waals surface area contributed by atoms with Crippen molar-refractivity contribution in [1.82, 2.24) is 20.1 Å². The van der Waals surface area contributed by atoms with Gasteiger partial charge < -0.3 is 15.2 Å². The minimum atomic E-state index is -0.282. The van der Waals surface area contributed by atoms with Gasteiger partial charge in [0, 0.05) is 23.3 Å². The molecule has 3 aromatic rings. The van der Waals surface area contributed by atoms with E-state index in [0.29, 0.717) is 22.5 Å². The molecule has 0 saturated heterocycles. The molecule has 2 aromatic carbocycles. The van der Waals surface area contributed by atoms with E-state index in [-0.39, 0.29) is 24.1 Å². The molecule has 0 radical (unpaired) electrons. The molecule has 1 aromatic heterocycles. The first-order valence-corrected chi connectivity index (χ1v) is 12.0. The van der Waals surface area contributed by atoms with Crippen molar-refractivity contribution in [3.63, 3.8) is 0 Å². The number of nitrogens with zero attached hydrogens (tertiary/aromatic N) is 3. The molecule has 34 heavy (non-hydrogen) atoms. The first kappa shape index (κ1) is 25.3. The largest absolute Gasteiger partial charge is 0.345 e. The lowest BCUT2D eigenvalue weighted by Crippen LogP contribution is -2.23. The third-order valence-corrected chi connectivity index (χ3v) is 5.99. The number of hydrogen-bond acceptors (Lipinski definition) is 5. The van der Waals surface area contributed by atoms with Gasteiger partial charge in [-0.1, -0.05) is 53.7 Å². The number of thioether (sulfide) groups is 1. The summed E-state index contributed by atoms with van der Waals surface area (Å²) < 4.78 is 1.82. The van der Waals surface area contributed by atoms with Crippen molar-refractivity contribution >= 4 is 46.9 Å². The summed E-state index contributed by atoms with van der Waals surface area (Å²) in [4.78, 5) is 24.7. The average molecular weight is 496 g/mol. The Balaban J connectivity index is 1.58. The molecule has 0 spiro atoms. The van der Waals surface area contributed by atoms with Crippen LogP contribution in [0, 0.1) is 13.8 Å². The quantitative estimate of drug-likeness (QED) is 0.240. The van der Waals surface area contributed by atoms with E-state index in [1.807, 2.05) is 48.7 Å². The predicted molar refractivity (Wildman–Crippen MR) is 138 cm³/mol. The third kappa shape index (κ3) is 7.33. The number of benzene rings is 2. The fourth-order valence-electron chi connectivity index (χ4n) is 3.24. The Morgan fingerprint density at radius 2 is 1.88 bits per heavy atom. The maximum Gasteiger partial charge on any atom is 0.244 e. The lowest BCUT2D eigenvalue weighted by molar-refractivity contribution is -0.116. The van der Waals surface area contributed by atoms with Gasteiger partial charge in [0.25, 0.3) is 0 Å². The van der Waals surface area contributed by atoms with Crippen LogP contribution in [0.4, 0.5) is 5.69 Å². The highest BCUT2D eigenvalue weighted by Gasteiger charge is 2.14. The van der Waals surface area contributed by atoms with Gasteiger partial charge in [0.2, 0.25) is 11.8 Å². The van der Waals surface area contributed by atoms with Gasteiger partial charge in [-0.15, -0.1) is 16.8 Å². The van der Waals surface area contributed by atoms with Gasteiger partial charge >= 0.3 is 0 Å². The molecular weight excluding hydrogens is 470 g/mol. The molecule has 1 heterocycles. The van der Waals surface area contributed by atoms with E-state index in [0.717, 1.165) is 22.4 Å². The second kappa shape index (κ2) is 12.2. The zero-order chi connectivity index (χ0) is 24.5. The average Bonchev–Trinajstić information content (AvgIpc) is 3.17. The van der Waals surface area contributed by atoms with Crippen molar-refractivity contribution in [2.45, 2.75) is 32.1 Å². The Bertz CT molecular complexity index is 1200. The first-order chi connectivity index (χ1) is 16.4. The lowest BCUT2D eigenvalue weighted by atomic mass is 10.1. The number of carbonyl (C=O) groups excluding carboxylic acids is 2. The molecule has 0 unspecified atom stereocenters. The molecule has 0 bridgehead atoms. The monoisotopic (exact) mass is 495 g/mol. The number of nitrogens with one attached hydrogen (secondary N) is 2. The summed E-state index contributed by atoms with van der Waals surface area (Å²) in [6.07, 6.45) is 4.79. The molecule has 176 valence electrons. The van der Waals surface area contributed by atoms with Crippen LogP contribution in [-0.4, -0.2) is 32.3 Å². The van der Waals surface area contributed by atoms with Crippen LogP contribution in [-0.2, 0) is 22.7 Å². The van der Waals surface area contributed by atoms with Crippen LogP contribution >= 0.6 is 23.4 Å². The summed E-state index contributed by atoms with van der Waals surface area (Å²) in [6.45, 7) is 8.39. The molecule has 7 nitrogen and oxygen atoms in total. The van der Waals surface area contributed by atoms with Crippen LogP contribution in [0.1, 0.15) is 22.5 Å². The van der Waals surface area contributed by atoms with Gasteiger partial charge in [-0.05, 0) is 54.8 Å². The fraction of sp³-hybridized carbons (Fsp3) is 0.200. The normalized spacial score (nSPS) is 10.9. The maximum atomic E-state index is 12.4. The second-order valence-corrected chi connectivity index (χ2v) is 8.93. The van der Waals surface area contributed by atoms with Gasteiger partial charge in [0.15, 0.2) is 11.0 Å². The number of halogens is 1. The van der Waals surface area contributed by atoms with Crippen LogP contribution in [0.15, 0.2) is 66.4 Å². The Kier molecular flexibility index (Phi) is 9.07. The van der Waals surface area contributed by atoms with Crippen molar-refractivity contribution in [3.05, 3.63) is 88.7 Å². The van der Waals surface area contributed by atoms with Crippen LogP contribution in [0.25, 0.3) is 6.08 Å². The Labute approximate surface area is 208 Å². The van der Waals surface area contributed by atoms with Crippen LogP contribution in [0.2, 0.25) is 5.02 Å². The summed E-state index contributed by atoms with van der Waals surface area (Å²) in [7, 11) is 0. The van der Waals surface area contributed by atoms with E-state index < -0.39 is 0 Å². The Morgan fingerprint density at radius 3 is 2.59 bits per heavy atom. The van der Waals surface area contributed by atoms with Gasteiger partial charge in [0.05, 0.1) is 12.3 Å². The van der Waals surface area contributed by atoms with Gasteiger partial charge in [0.1, 0.15) is 0 Å². The van der Waals surface area contributed by atoms with Crippen LogP contribution in [0.3, 0.4) is 0 Å². The number of aromatic nitrogens is 3. The van der Waals surface area contributed by atoms with E-state index in [1.165, 1.54) is 17.8 Å².